The van der Waals surface area contributed by atoms with Crippen molar-refractivity contribution < 1.29 is 86.3 Å². The summed E-state index contributed by atoms with van der Waals surface area (Å²) in [7, 11) is 0. The van der Waals surface area contributed by atoms with Crippen LogP contribution in [0.5, 0.6) is 0 Å². The van der Waals surface area contributed by atoms with Gasteiger partial charge < -0.3 is 176 Å². The molecule has 2 fully saturated rings. The minimum absolute atomic E-state index is 0.000776. The van der Waals surface area contributed by atoms with Crippen molar-refractivity contribution in [2.24, 2.45) is 127 Å². The number of rotatable bonds is 67. The third-order valence-electron chi connectivity index (χ3n) is 20.7. The van der Waals surface area contributed by atoms with Gasteiger partial charge in [-0.25, -0.2) is 0 Å². The number of amides is 18. The molecule has 0 bridgehead atoms. The third-order valence-corrected chi connectivity index (χ3v) is 21.1. The van der Waals surface area contributed by atoms with E-state index < -0.39 is 217 Å². The molecular weight excluding hydrogens is 1780 g/mol. The zero-order valence-electron chi connectivity index (χ0n) is 75.8. The molecule has 57 heteroatoms. The molecule has 134 heavy (non-hydrogen) atoms. The molecule has 2 aliphatic rings. The fourth-order valence-electron chi connectivity index (χ4n) is 13.9. The van der Waals surface area contributed by atoms with E-state index in [1.807, 2.05) is 0 Å². The van der Waals surface area contributed by atoms with Crippen LogP contribution in [0.4, 0.5) is 0 Å². The summed E-state index contributed by atoms with van der Waals surface area (Å²) in [6.45, 7) is -0.316. The fourth-order valence-corrected chi connectivity index (χ4v) is 14.1. The first-order chi connectivity index (χ1) is 63.4. The highest BCUT2D eigenvalue weighted by atomic mass is 32.1. The predicted molar refractivity (Wildman–Crippen MR) is 498 cm³/mol. The number of aliphatic imine (C=N–C) groups is 6. The summed E-state index contributed by atoms with van der Waals surface area (Å²) in [4.78, 5) is 276. The number of carbonyl (C=O) groups excluding carboxylic acids is 18. The summed E-state index contributed by atoms with van der Waals surface area (Å²) in [5.41, 5.74) is 95.5. The molecule has 0 aromatic carbocycles. The van der Waals surface area contributed by atoms with E-state index in [1.54, 1.807) is 0 Å². The molecule has 13 atom stereocenters. The van der Waals surface area contributed by atoms with Gasteiger partial charge in [0, 0.05) is 77.9 Å². The minimum Gasteiger partial charge on any atom is -0.370 e. The molecule has 56 nitrogen and oxygen atoms in total. The van der Waals surface area contributed by atoms with Crippen LogP contribution in [0.25, 0.3) is 0 Å². The molecule has 0 saturated carbocycles. The van der Waals surface area contributed by atoms with Crippen molar-refractivity contribution in [3.05, 3.63) is 0 Å². The Kier molecular flexibility index (Phi) is 55.8. The number of nitrogens with two attached hydrogens (primary N) is 17. The Morgan fingerprint density at radius 2 is 0.582 bits per heavy atom. The molecule has 0 unspecified atom stereocenters. The lowest BCUT2D eigenvalue weighted by Crippen LogP contribution is -2.61. The molecule has 0 aliphatic carbocycles. The molecule has 0 radical (unpaired) electrons. The Hall–Kier alpha value is -13.6. The van der Waals surface area contributed by atoms with Gasteiger partial charge in [0.1, 0.15) is 78.5 Å². The smallest absolute Gasteiger partial charge is 0.246 e. The second-order valence-corrected chi connectivity index (χ2v) is 32.0. The number of carbonyl (C=O) groups is 18. The molecule has 2 heterocycles. The van der Waals surface area contributed by atoms with Crippen molar-refractivity contribution >= 4 is 155 Å². The number of primary amides is 3. The molecule has 18 amide bonds. The number of guanidine groups is 6. The van der Waals surface area contributed by atoms with Gasteiger partial charge in [-0.05, 0) is 167 Å². The van der Waals surface area contributed by atoms with Gasteiger partial charge in [0.15, 0.2) is 35.8 Å². The van der Waals surface area contributed by atoms with Gasteiger partial charge in [0.05, 0.1) is 13.1 Å². The normalized spacial score (nSPS) is 15.6. The highest BCUT2D eigenvalue weighted by Crippen LogP contribution is 2.27. The van der Waals surface area contributed by atoms with E-state index >= 15 is 24.0 Å². The Bertz CT molecular complexity index is 4100. The van der Waals surface area contributed by atoms with Crippen LogP contribution in [-0.4, -0.2) is 315 Å². The van der Waals surface area contributed by atoms with Crippen LogP contribution in [0.15, 0.2) is 30.0 Å². The van der Waals surface area contributed by atoms with Crippen LogP contribution >= 0.6 is 12.6 Å². The Morgan fingerprint density at radius 1 is 0.313 bits per heavy atom. The van der Waals surface area contributed by atoms with E-state index in [1.165, 1.54) is 16.7 Å². The molecule has 2 rings (SSSR count). The van der Waals surface area contributed by atoms with Crippen molar-refractivity contribution in [2.45, 2.75) is 252 Å². The first-order valence-electron chi connectivity index (χ1n) is 44.1. The van der Waals surface area contributed by atoms with Crippen molar-refractivity contribution in [1.82, 2.24) is 78.9 Å². The SMILES string of the molecule is CC(=O)NCC(=O)N[C@@H](CCCN=C(N)N)C(=O)N[C@@H](CCCCN)C(=O)N[C@@H](CCCCN)C(=O)N[C@@H](CCCN=C(N)N)C(=O)N[C@@H](CCCN=C(N)N)C(=O)N[C@@H](CCC(N)=O)C(=O)N[C@@H](CCCN=C(N)N)C(=O)N[C@@H](CCCN=C(N)N)C(=O)N[C@@H](CCCN=C(N)N)C(=O)N1CCC[C@H]1C(=O)N1CCC[C@H]1C(=O)N[C@@H](CCC(N)=O)C(=O)NCC(=O)N[C@@H](CS)C(N)=O. The van der Waals surface area contributed by atoms with Gasteiger partial charge in [-0.3, -0.25) is 116 Å². The van der Waals surface area contributed by atoms with Crippen LogP contribution < -0.4 is 167 Å². The van der Waals surface area contributed by atoms with Gasteiger partial charge in [-0.1, -0.05) is 0 Å². The topological polar surface area (TPSA) is 987 Å². The molecule has 0 spiro atoms. The Morgan fingerprint density at radius 3 is 0.881 bits per heavy atom. The number of hydrogen-bond acceptors (Lipinski definition) is 27. The summed E-state index contributed by atoms with van der Waals surface area (Å²) in [6, 6.07) is -19.3. The van der Waals surface area contributed by atoms with Crippen molar-refractivity contribution in [2.75, 3.05) is 84.3 Å². The van der Waals surface area contributed by atoms with Gasteiger partial charge in [0.2, 0.25) is 106 Å². The van der Waals surface area contributed by atoms with Crippen LogP contribution in [-0.2, 0) is 86.3 Å². The van der Waals surface area contributed by atoms with Gasteiger partial charge in [-0.2, -0.15) is 12.6 Å². The second-order valence-electron chi connectivity index (χ2n) is 31.7. The van der Waals surface area contributed by atoms with Gasteiger partial charge in [-0.15, -0.1) is 0 Å². The number of nitrogens with zero attached hydrogens (tertiary/aromatic N) is 8. The standard InChI is InChI=1S/C77H142N38O18S/c1-41(116)101-38-57(119)103-42(16-6-30-95-72(83)84)61(123)105-43(14-2-4-28-78)62(124)106-44(15-3-5-29-79)63(125)107-45(17-7-31-96-73(85)86)64(126)108-47(19-9-33-98-75(89)90)66(128)111-50(25-27-56(81)118)68(130)110-46(18-8-32-97-74(87)88)65(127)109-48(20-10-34-99-76(91)92)67(129)113-51(21-11-35-100-77(93)94)70(132)115-37-13-23-54(115)71(133)114-36-12-22-53(114)69(131)112-49(24-26-55(80)117)60(122)102-39-58(120)104-52(40-134)59(82)121/h42-54,134H,2-40,78-79H2,1H3,(H2,80,117)(H2,81,118)(H2,82,121)(H,101,116)(H,102,122)(H,103,119)(H,104,120)(H,105,123)(H,106,124)(H,107,125)(H,108,126)(H,109,127)(H,110,130)(H,111,128)(H,112,131)(H,113,129)(H4,83,84,95)(H4,85,86,96)(H4,87,88,97)(H4,89,90,98)(H4,91,92,99)(H4,93,94,100)/t42-,43-,44-,45-,46-,47-,48-,49-,50-,51-,52-,53-,54-/m0/s1. The molecule has 0 aromatic rings. The lowest BCUT2D eigenvalue weighted by Gasteiger charge is -2.33. The minimum atomic E-state index is -1.81. The predicted octanol–water partition coefficient (Wildman–Crippen LogP) is -14.9. The number of thiol groups is 1. The maximum absolute atomic E-state index is 15.2. The Balaban J connectivity index is 2.78. The van der Waals surface area contributed by atoms with Crippen LogP contribution in [0.1, 0.15) is 174 Å². The summed E-state index contributed by atoms with van der Waals surface area (Å²) in [5, 5.41) is 33.1. The molecule has 0 aromatic heterocycles. The monoisotopic (exact) mass is 1920 g/mol. The first-order valence-corrected chi connectivity index (χ1v) is 44.7. The molecule has 47 N–H and O–H groups in total. The largest absolute Gasteiger partial charge is 0.370 e. The first kappa shape index (κ1) is 116. The number of hydrogen-bond donors (Lipinski definition) is 31. The summed E-state index contributed by atoms with van der Waals surface area (Å²) in [5.74, 6) is -18.3. The number of likely N-dealkylation sites (tertiary alicyclic amines) is 2. The van der Waals surface area contributed by atoms with E-state index in [0.717, 1.165) is 0 Å². The third kappa shape index (κ3) is 48.0. The van der Waals surface area contributed by atoms with E-state index in [4.69, 9.17) is 97.5 Å². The summed E-state index contributed by atoms with van der Waals surface area (Å²) in [6.07, 6.45) is -1.67. The van der Waals surface area contributed by atoms with Crippen molar-refractivity contribution in [1.29, 1.82) is 0 Å². The van der Waals surface area contributed by atoms with Crippen LogP contribution in [0.2, 0.25) is 0 Å². The van der Waals surface area contributed by atoms with Crippen LogP contribution in [0, 0.1) is 0 Å². The lowest BCUT2D eigenvalue weighted by atomic mass is 10.0. The van der Waals surface area contributed by atoms with Gasteiger partial charge >= 0.3 is 0 Å². The zero-order chi connectivity index (χ0) is 101. The van der Waals surface area contributed by atoms with E-state index in [0.29, 0.717) is 12.8 Å². The number of nitrogens with one attached hydrogen (secondary N) is 13. The van der Waals surface area contributed by atoms with E-state index in [9.17, 15) is 62.3 Å². The molecule has 2 aliphatic heterocycles. The average Bonchev–Trinajstić information content (AvgIpc) is 1.64. The van der Waals surface area contributed by atoms with Gasteiger partial charge in [0.25, 0.3) is 0 Å². The van der Waals surface area contributed by atoms with Crippen LogP contribution in [0.3, 0.4) is 0 Å². The molecular formula is C77H142N38O18S. The fraction of sp³-hybridized carbons (Fsp3) is 0.688. The van der Waals surface area contributed by atoms with Crippen molar-refractivity contribution in [3.63, 3.8) is 0 Å². The highest BCUT2D eigenvalue weighted by Gasteiger charge is 2.45. The number of unbranched alkanes of at least 4 members (excludes halogenated alkanes) is 2. The van der Waals surface area contributed by atoms with Crippen molar-refractivity contribution in [3.8, 4) is 0 Å². The Labute approximate surface area is 780 Å². The quantitative estimate of drug-likeness (QED) is 0.0116. The highest BCUT2D eigenvalue weighted by molar-refractivity contribution is 7.80. The maximum Gasteiger partial charge on any atom is 0.246 e. The van der Waals surface area contributed by atoms with E-state index in [-0.39, 0.29) is 242 Å². The summed E-state index contributed by atoms with van der Waals surface area (Å²) >= 11 is 3.98. The van der Waals surface area contributed by atoms with E-state index in [2.05, 4.69) is 112 Å². The zero-order valence-corrected chi connectivity index (χ0v) is 76.7. The summed E-state index contributed by atoms with van der Waals surface area (Å²) < 4.78 is 0. The average molecular weight is 1920 g/mol. The second kappa shape index (κ2) is 64.2. The maximum atomic E-state index is 15.2. The lowest BCUT2D eigenvalue weighted by molar-refractivity contribution is -0.148. The molecule has 2 saturated heterocycles. The molecule has 754 valence electrons.